The average molecular weight is 433 g/mol. The van der Waals surface area contributed by atoms with Crippen LogP contribution in [-0.2, 0) is 4.79 Å². The number of rotatable bonds is 5. The normalized spacial score (nSPS) is 16.2. The summed E-state index contributed by atoms with van der Waals surface area (Å²) in [7, 11) is 0. The van der Waals surface area contributed by atoms with Crippen molar-refractivity contribution in [2.45, 2.75) is 34.1 Å². The van der Waals surface area contributed by atoms with E-state index in [0.29, 0.717) is 30.4 Å². The Labute approximate surface area is 189 Å². The van der Waals surface area contributed by atoms with Crippen molar-refractivity contribution in [3.05, 3.63) is 48.0 Å². The number of nitrogens with zero attached hydrogens (tertiary/aromatic N) is 4. The van der Waals surface area contributed by atoms with Crippen LogP contribution in [0.4, 0.5) is 5.82 Å². The molecule has 6 heteroatoms. The summed E-state index contributed by atoms with van der Waals surface area (Å²) in [6.45, 7) is 11.2. The molecule has 0 unspecified atom stereocenters. The van der Waals surface area contributed by atoms with Gasteiger partial charge in [0.15, 0.2) is 5.82 Å². The molecule has 1 aromatic heterocycles. The van der Waals surface area contributed by atoms with E-state index >= 15 is 0 Å². The highest BCUT2D eigenvalue weighted by atomic mass is 16.3. The summed E-state index contributed by atoms with van der Waals surface area (Å²) >= 11 is 0. The van der Waals surface area contributed by atoms with Gasteiger partial charge in [0.25, 0.3) is 0 Å². The van der Waals surface area contributed by atoms with Crippen LogP contribution in [0.5, 0.6) is 5.75 Å². The Balaban J connectivity index is 1.65. The first-order chi connectivity index (χ1) is 15.4. The van der Waals surface area contributed by atoms with E-state index in [1.54, 1.807) is 12.1 Å². The zero-order chi connectivity index (χ0) is 22.8. The first kappa shape index (κ1) is 22.1. The van der Waals surface area contributed by atoms with Crippen LogP contribution in [0.15, 0.2) is 42.5 Å². The lowest BCUT2D eigenvalue weighted by Gasteiger charge is -2.37. The second kappa shape index (κ2) is 9.15. The number of phenolic OH excluding ortho intramolecular Hbond substituents is 1. The third-order valence-electron chi connectivity index (χ3n) is 6.76. The van der Waals surface area contributed by atoms with Crippen LogP contribution in [0.3, 0.4) is 0 Å². The molecule has 0 bridgehead atoms. The molecule has 1 aliphatic rings. The molecule has 168 valence electrons. The van der Waals surface area contributed by atoms with Gasteiger partial charge in [-0.25, -0.2) is 9.97 Å². The van der Waals surface area contributed by atoms with Gasteiger partial charge in [-0.3, -0.25) is 4.79 Å². The van der Waals surface area contributed by atoms with Gasteiger partial charge in [-0.2, -0.15) is 0 Å². The number of fused-ring (bicyclic) bond motifs is 1. The molecule has 32 heavy (non-hydrogen) atoms. The maximum absolute atomic E-state index is 12.9. The minimum Gasteiger partial charge on any atom is -0.507 e. The molecule has 2 heterocycles. The summed E-state index contributed by atoms with van der Waals surface area (Å²) in [6, 6.07) is 13.4. The van der Waals surface area contributed by atoms with E-state index in [9.17, 15) is 9.90 Å². The van der Waals surface area contributed by atoms with E-state index in [0.717, 1.165) is 41.8 Å². The lowest BCUT2D eigenvalue weighted by Crippen LogP contribution is -2.51. The molecule has 6 nitrogen and oxygen atoms in total. The molecule has 4 rings (SSSR count). The quantitative estimate of drug-likeness (QED) is 0.636. The number of carbonyl (C=O) groups excluding carboxylic acids is 1. The van der Waals surface area contributed by atoms with Crippen LogP contribution in [0.2, 0.25) is 0 Å². The fourth-order valence-corrected chi connectivity index (χ4v) is 4.27. The summed E-state index contributed by atoms with van der Waals surface area (Å²) in [5.74, 6) is 2.21. The standard InChI is InChI=1S/C26H32N4O2/c1-5-18(3)19(4)26(32)30-14-12-29(13-15-30)25-20-11-10-17(2)16-22(20)27-24(28-25)21-8-6-7-9-23(21)31/h6-11,16,18-19,31H,5,12-15H2,1-4H3/t18-,19-/m1/s1. The second-order valence-corrected chi connectivity index (χ2v) is 8.90. The number of aromatic nitrogens is 2. The van der Waals surface area contributed by atoms with E-state index in [1.807, 2.05) is 30.9 Å². The number of aromatic hydroxyl groups is 1. The smallest absolute Gasteiger partial charge is 0.225 e. The zero-order valence-corrected chi connectivity index (χ0v) is 19.4. The lowest BCUT2D eigenvalue weighted by atomic mass is 9.92. The van der Waals surface area contributed by atoms with E-state index in [2.05, 4.69) is 36.9 Å². The first-order valence-electron chi connectivity index (χ1n) is 11.5. The number of para-hydroxylation sites is 1. The van der Waals surface area contributed by atoms with E-state index in [-0.39, 0.29) is 17.6 Å². The van der Waals surface area contributed by atoms with Crippen LogP contribution in [0.25, 0.3) is 22.3 Å². The number of benzene rings is 2. The van der Waals surface area contributed by atoms with Gasteiger partial charge in [0.2, 0.25) is 5.91 Å². The Kier molecular flexibility index (Phi) is 6.31. The molecular formula is C26H32N4O2. The van der Waals surface area contributed by atoms with Gasteiger partial charge < -0.3 is 14.9 Å². The molecule has 1 N–H and O–H groups in total. The van der Waals surface area contributed by atoms with Gasteiger partial charge in [0.1, 0.15) is 11.6 Å². The van der Waals surface area contributed by atoms with Gasteiger partial charge in [-0.05, 0) is 42.7 Å². The van der Waals surface area contributed by atoms with Crippen LogP contribution >= 0.6 is 0 Å². The molecule has 0 saturated carbocycles. The molecule has 2 aromatic carbocycles. The lowest BCUT2D eigenvalue weighted by molar-refractivity contribution is -0.136. The minimum atomic E-state index is 0.0436. The molecular weight excluding hydrogens is 400 g/mol. The number of amides is 1. The van der Waals surface area contributed by atoms with Crippen molar-refractivity contribution in [3.63, 3.8) is 0 Å². The van der Waals surface area contributed by atoms with E-state index in [1.165, 1.54) is 0 Å². The largest absolute Gasteiger partial charge is 0.507 e. The van der Waals surface area contributed by atoms with Crippen molar-refractivity contribution >= 4 is 22.6 Å². The highest BCUT2D eigenvalue weighted by molar-refractivity contribution is 5.92. The third-order valence-corrected chi connectivity index (χ3v) is 6.76. The Bertz CT molecular complexity index is 1120. The van der Waals surface area contributed by atoms with Crippen LogP contribution in [0.1, 0.15) is 32.8 Å². The van der Waals surface area contributed by atoms with Crippen LogP contribution < -0.4 is 4.90 Å². The molecule has 2 atom stereocenters. The summed E-state index contributed by atoms with van der Waals surface area (Å²) in [4.78, 5) is 26.8. The van der Waals surface area contributed by atoms with Crippen molar-refractivity contribution in [3.8, 4) is 17.1 Å². The van der Waals surface area contributed by atoms with Crippen molar-refractivity contribution in [2.75, 3.05) is 31.1 Å². The van der Waals surface area contributed by atoms with Crippen molar-refractivity contribution in [1.29, 1.82) is 0 Å². The number of aryl methyl sites for hydroxylation is 1. The molecule has 1 aliphatic heterocycles. The number of phenols is 1. The van der Waals surface area contributed by atoms with Crippen LogP contribution in [-0.4, -0.2) is 52.1 Å². The van der Waals surface area contributed by atoms with Gasteiger partial charge in [-0.1, -0.05) is 45.4 Å². The fraction of sp³-hybridized carbons (Fsp3) is 0.423. The molecule has 1 saturated heterocycles. The van der Waals surface area contributed by atoms with Crippen molar-refractivity contribution < 1.29 is 9.90 Å². The minimum absolute atomic E-state index is 0.0436. The number of piperazine rings is 1. The first-order valence-corrected chi connectivity index (χ1v) is 11.5. The summed E-state index contributed by atoms with van der Waals surface area (Å²) in [6.07, 6.45) is 1.01. The van der Waals surface area contributed by atoms with Crippen molar-refractivity contribution in [1.82, 2.24) is 14.9 Å². The molecule has 0 aliphatic carbocycles. The number of carbonyl (C=O) groups is 1. The maximum atomic E-state index is 12.9. The topological polar surface area (TPSA) is 69.6 Å². The molecule has 1 amide bonds. The highest BCUT2D eigenvalue weighted by Crippen LogP contribution is 2.32. The molecule has 1 fully saturated rings. The number of anilines is 1. The molecule has 0 radical (unpaired) electrons. The van der Waals surface area contributed by atoms with E-state index < -0.39 is 0 Å². The van der Waals surface area contributed by atoms with Crippen LogP contribution in [0, 0.1) is 18.8 Å². The van der Waals surface area contributed by atoms with Gasteiger partial charge >= 0.3 is 0 Å². The van der Waals surface area contributed by atoms with Gasteiger partial charge in [0.05, 0.1) is 11.1 Å². The average Bonchev–Trinajstić information content (AvgIpc) is 2.82. The molecule has 0 spiro atoms. The maximum Gasteiger partial charge on any atom is 0.225 e. The fourth-order valence-electron chi connectivity index (χ4n) is 4.27. The summed E-state index contributed by atoms with van der Waals surface area (Å²) in [5, 5.41) is 11.4. The monoisotopic (exact) mass is 432 g/mol. The Morgan fingerprint density at radius 2 is 1.78 bits per heavy atom. The second-order valence-electron chi connectivity index (χ2n) is 8.90. The number of hydrogen-bond donors (Lipinski definition) is 1. The predicted octanol–water partition coefficient (Wildman–Crippen LogP) is 4.64. The third kappa shape index (κ3) is 4.27. The Morgan fingerprint density at radius 3 is 2.47 bits per heavy atom. The highest BCUT2D eigenvalue weighted by Gasteiger charge is 2.28. The van der Waals surface area contributed by atoms with Crippen molar-refractivity contribution in [2.24, 2.45) is 11.8 Å². The SMILES string of the molecule is CC[C@@H](C)[C@@H](C)C(=O)N1CCN(c2nc(-c3ccccc3O)nc3cc(C)ccc23)CC1. The van der Waals surface area contributed by atoms with Gasteiger partial charge in [0, 0.05) is 37.5 Å². The predicted molar refractivity (Wildman–Crippen MR) is 129 cm³/mol. The summed E-state index contributed by atoms with van der Waals surface area (Å²) in [5.41, 5.74) is 2.60. The Morgan fingerprint density at radius 1 is 1.06 bits per heavy atom. The zero-order valence-electron chi connectivity index (χ0n) is 19.4. The summed E-state index contributed by atoms with van der Waals surface area (Å²) < 4.78 is 0. The van der Waals surface area contributed by atoms with E-state index in [4.69, 9.17) is 9.97 Å². The molecule has 3 aromatic rings. The van der Waals surface area contributed by atoms with Gasteiger partial charge in [-0.15, -0.1) is 0 Å². The Hall–Kier alpha value is -3.15. The number of hydrogen-bond acceptors (Lipinski definition) is 5.